The minimum atomic E-state index is 0.0367. The topological polar surface area (TPSA) is 48.0 Å². The second-order valence-electron chi connectivity index (χ2n) is 5.50. The smallest absolute Gasteiger partial charge is 0.260 e. The summed E-state index contributed by atoms with van der Waals surface area (Å²) in [5.74, 6) is 1.96. The molecule has 2 rings (SSSR count). The first-order chi connectivity index (χ1) is 10.7. The largest absolute Gasteiger partial charge is 0.494 e. The van der Waals surface area contributed by atoms with Gasteiger partial charge in [0, 0.05) is 20.2 Å². The number of piperidine rings is 1. The van der Waals surface area contributed by atoms with Crippen LogP contribution in [0.3, 0.4) is 0 Å². The highest BCUT2D eigenvalue weighted by Crippen LogP contribution is 2.19. The Hall–Kier alpha value is -1.75. The number of ether oxygens (including phenoxy) is 3. The van der Waals surface area contributed by atoms with Crippen LogP contribution in [-0.2, 0) is 9.53 Å². The molecule has 0 saturated carbocycles. The number of amides is 1. The summed E-state index contributed by atoms with van der Waals surface area (Å²) in [7, 11) is 1.70. The van der Waals surface area contributed by atoms with Crippen molar-refractivity contribution in [2.45, 2.75) is 19.8 Å². The van der Waals surface area contributed by atoms with E-state index in [-0.39, 0.29) is 12.5 Å². The van der Waals surface area contributed by atoms with Gasteiger partial charge >= 0.3 is 0 Å². The molecule has 1 unspecified atom stereocenters. The third-order valence-corrected chi connectivity index (χ3v) is 3.77. The number of rotatable bonds is 7. The Morgan fingerprint density at radius 1 is 1.23 bits per heavy atom. The summed E-state index contributed by atoms with van der Waals surface area (Å²) >= 11 is 0. The summed E-state index contributed by atoms with van der Waals surface area (Å²) in [6.07, 6.45) is 2.15. The number of nitrogens with zero attached hydrogens (tertiary/aromatic N) is 1. The van der Waals surface area contributed by atoms with Crippen LogP contribution < -0.4 is 9.47 Å². The molecule has 1 aliphatic rings. The lowest BCUT2D eigenvalue weighted by Crippen LogP contribution is -2.43. The van der Waals surface area contributed by atoms with Crippen LogP contribution in [-0.4, -0.2) is 50.8 Å². The summed E-state index contributed by atoms with van der Waals surface area (Å²) in [4.78, 5) is 14.1. The number of likely N-dealkylation sites (tertiary alicyclic amines) is 1. The van der Waals surface area contributed by atoms with Gasteiger partial charge in [-0.1, -0.05) is 0 Å². The average Bonchev–Trinajstić information content (AvgIpc) is 2.55. The highest BCUT2D eigenvalue weighted by Gasteiger charge is 2.23. The molecule has 1 saturated heterocycles. The van der Waals surface area contributed by atoms with E-state index >= 15 is 0 Å². The zero-order chi connectivity index (χ0) is 15.8. The van der Waals surface area contributed by atoms with E-state index in [9.17, 15) is 4.79 Å². The average molecular weight is 307 g/mol. The summed E-state index contributed by atoms with van der Waals surface area (Å²) < 4.78 is 16.1. The SMILES string of the molecule is CCOc1ccc(OCC(=O)N2CCCC(COC)C2)cc1. The molecule has 0 radical (unpaired) electrons. The van der Waals surface area contributed by atoms with Crippen LogP contribution >= 0.6 is 0 Å². The molecule has 1 fully saturated rings. The fourth-order valence-corrected chi connectivity index (χ4v) is 2.70. The van der Waals surface area contributed by atoms with Crippen molar-refractivity contribution in [1.29, 1.82) is 0 Å². The molecule has 5 heteroatoms. The Morgan fingerprint density at radius 2 is 1.91 bits per heavy atom. The Kier molecular flexibility index (Phi) is 6.52. The van der Waals surface area contributed by atoms with Crippen molar-refractivity contribution < 1.29 is 19.0 Å². The number of carbonyl (C=O) groups is 1. The van der Waals surface area contributed by atoms with E-state index in [1.807, 2.05) is 36.1 Å². The normalized spacial score (nSPS) is 18.1. The first-order valence-corrected chi connectivity index (χ1v) is 7.85. The summed E-state index contributed by atoms with van der Waals surface area (Å²) in [6.45, 7) is 4.94. The van der Waals surface area contributed by atoms with Gasteiger partial charge in [-0.15, -0.1) is 0 Å². The highest BCUT2D eigenvalue weighted by atomic mass is 16.5. The molecule has 1 amide bonds. The van der Waals surface area contributed by atoms with Crippen molar-refractivity contribution in [1.82, 2.24) is 4.90 Å². The van der Waals surface area contributed by atoms with Crippen molar-refractivity contribution in [3.63, 3.8) is 0 Å². The van der Waals surface area contributed by atoms with Gasteiger partial charge in [-0.05, 0) is 49.9 Å². The fraction of sp³-hybridized carbons (Fsp3) is 0.588. The Bertz CT molecular complexity index is 458. The van der Waals surface area contributed by atoms with Gasteiger partial charge in [-0.2, -0.15) is 0 Å². The minimum Gasteiger partial charge on any atom is -0.494 e. The number of methoxy groups -OCH3 is 1. The summed E-state index contributed by atoms with van der Waals surface area (Å²) in [6, 6.07) is 7.34. The van der Waals surface area contributed by atoms with Crippen LogP contribution in [0, 0.1) is 5.92 Å². The second-order valence-corrected chi connectivity index (χ2v) is 5.50. The van der Waals surface area contributed by atoms with E-state index in [1.54, 1.807) is 7.11 Å². The van der Waals surface area contributed by atoms with Crippen molar-refractivity contribution in [3.05, 3.63) is 24.3 Å². The quantitative estimate of drug-likeness (QED) is 0.776. The van der Waals surface area contributed by atoms with Gasteiger partial charge in [0.15, 0.2) is 6.61 Å². The predicted molar refractivity (Wildman–Crippen MR) is 84.3 cm³/mol. The lowest BCUT2D eigenvalue weighted by atomic mass is 9.99. The first-order valence-electron chi connectivity index (χ1n) is 7.85. The molecular formula is C17H25NO4. The zero-order valence-corrected chi connectivity index (χ0v) is 13.4. The van der Waals surface area contributed by atoms with Gasteiger partial charge in [0.1, 0.15) is 11.5 Å². The minimum absolute atomic E-state index is 0.0367. The van der Waals surface area contributed by atoms with E-state index in [1.165, 1.54) is 0 Å². The Labute approximate surface area is 132 Å². The zero-order valence-electron chi connectivity index (χ0n) is 13.4. The maximum Gasteiger partial charge on any atom is 0.260 e. The number of carbonyl (C=O) groups excluding carboxylic acids is 1. The van der Waals surface area contributed by atoms with Gasteiger partial charge in [0.2, 0.25) is 0 Å². The Balaban J connectivity index is 1.79. The Morgan fingerprint density at radius 3 is 2.55 bits per heavy atom. The fourth-order valence-electron chi connectivity index (χ4n) is 2.70. The van der Waals surface area contributed by atoms with E-state index in [4.69, 9.17) is 14.2 Å². The standard InChI is InChI=1S/C17H25NO4/c1-3-21-15-6-8-16(9-7-15)22-13-17(19)18-10-4-5-14(11-18)12-20-2/h6-9,14H,3-5,10-13H2,1-2H3. The van der Waals surface area contributed by atoms with Crippen molar-refractivity contribution in [2.75, 3.05) is 40.0 Å². The summed E-state index contributed by atoms with van der Waals surface area (Å²) in [5, 5.41) is 0. The van der Waals surface area contributed by atoms with Gasteiger partial charge < -0.3 is 19.1 Å². The van der Waals surface area contributed by atoms with Gasteiger partial charge in [0.05, 0.1) is 13.2 Å². The van der Waals surface area contributed by atoms with Crippen molar-refractivity contribution in [3.8, 4) is 11.5 Å². The molecular weight excluding hydrogens is 282 g/mol. The van der Waals surface area contributed by atoms with E-state index in [0.717, 1.165) is 31.7 Å². The van der Waals surface area contributed by atoms with Crippen LogP contribution in [0.15, 0.2) is 24.3 Å². The lowest BCUT2D eigenvalue weighted by Gasteiger charge is -2.32. The van der Waals surface area contributed by atoms with Crippen LogP contribution in [0.4, 0.5) is 0 Å². The molecule has 0 aliphatic carbocycles. The van der Waals surface area contributed by atoms with Crippen LogP contribution in [0.25, 0.3) is 0 Å². The maximum atomic E-state index is 12.2. The van der Waals surface area contributed by atoms with Gasteiger partial charge in [0.25, 0.3) is 5.91 Å². The molecule has 1 atom stereocenters. The maximum absolute atomic E-state index is 12.2. The second kappa shape index (κ2) is 8.63. The molecule has 0 bridgehead atoms. The molecule has 5 nitrogen and oxygen atoms in total. The predicted octanol–water partition coefficient (Wildman–Crippen LogP) is 2.35. The van der Waals surface area contributed by atoms with Crippen LogP contribution in [0.2, 0.25) is 0 Å². The molecule has 1 aromatic carbocycles. The molecule has 1 heterocycles. The number of hydrogen-bond acceptors (Lipinski definition) is 4. The van der Waals surface area contributed by atoms with E-state index in [0.29, 0.717) is 24.9 Å². The lowest BCUT2D eigenvalue weighted by molar-refractivity contribution is -0.135. The van der Waals surface area contributed by atoms with E-state index in [2.05, 4.69) is 0 Å². The van der Waals surface area contributed by atoms with E-state index < -0.39 is 0 Å². The molecule has 122 valence electrons. The molecule has 22 heavy (non-hydrogen) atoms. The monoisotopic (exact) mass is 307 g/mol. The molecule has 0 N–H and O–H groups in total. The van der Waals surface area contributed by atoms with Crippen LogP contribution in [0.5, 0.6) is 11.5 Å². The summed E-state index contributed by atoms with van der Waals surface area (Å²) in [5.41, 5.74) is 0. The van der Waals surface area contributed by atoms with Crippen LogP contribution in [0.1, 0.15) is 19.8 Å². The third kappa shape index (κ3) is 4.91. The third-order valence-electron chi connectivity index (χ3n) is 3.77. The number of hydrogen-bond donors (Lipinski definition) is 0. The molecule has 1 aliphatic heterocycles. The number of benzene rings is 1. The highest BCUT2D eigenvalue weighted by molar-refractivity contribution is 5.77. The first kappa shape index (κ1) is 16.6. The van der Waals surface area contributed by atoms with Crippen molar-refractivity contribution in [2.24, 2.45) is 5.92 Å². The van der Waals surface area contributed by atoms with Gasteiger partial charge in [-0.3, -0.25) is 4.79 Å². The molecule has 1 aromatic rings. The van der Waals surface area contributed by atoms with Gasteiger partial charge in [-0.25, -0.2) is 0 Å². The molecule has 0 spiro atoms. The van der Waals surface area contributed by atoms with Crippen molar-refractivity contribution >= 4 is 5.91 Å². The molecule has 0 aromatic heterocycles.